The van der Waals surface area contributed by atoms with E-state index in [9.17, 15) is 4.79 Å². The van der Waals surface area contributed by atoms with Crippen molar-refractivity contribution in [2.45, 2.75) is 65.0 Å². The number of hydrogen-bond donors (Lipinski definition) is 1. The van der Waals surface area contributed by atoms with Gasteiger partial charge in [0.2, 0.25) is 0 Å². The number of piperidine rings is 1. The molecule has 1 saturated heterocycles. The number of amides is 1. The fourth-order valence-corrected chi connectivity index (χ4v) is 2.32. The monoisotopic (exact) mass is 300 g/mol. The van der Waals surface area contributed by atoms with E-state index in [2.05, 4.69) is 12.2 Å². The lowest BCUT2D eigenvalue weighted by Gasteiger charge is -2.34. The number of carbonyl (C=O) groups is 1. The van der Waals surface area contributed by atoms with Crippen LogP contribution >= 0.6 is 0 Å². The van der Waals surface area contributed by atoms with Crippen LogP contribution < -0.4 is 5.32 Å². The topological polar surface area (TPSA) is 50.8 Å². The Morgan fingerprint density at radius 2 is 2.10 bits per heavy atom. The molecule has 0 aromatic heterocycles. The van der Waals surface area contributed by atoms with E-state index in [1.807, 2.05) is 25.7 Å². The Hall–Kier alpha value is -0.810. The number of unbranched alkanes of at least 4 members (excludes halogenated alkanes) is 1. The van der Waals surface area contributed by atoms with Crippen LogP contribution in [-0.4, -0.2) is 55.5 Å². The van der Waals surface area contributed by atoms with Gasteiger partial charge in [0.25, 0.3) is 0 Å². The minimum Gasteiger partial charge on any atom is -0.444 e. The van der Waals surface area contributed by atoms with E-state index in [4.69, 9.17) is 9.47 Å². The fraction of sp³-hybridized carbons (Fsp3) is 0.938. The maximum atomic E-state index is 12.1. The van der Waals surface area contributed by atoms with E-state index in [-0.39, 0.29) is 6.09 Å². The van der Waals surface area contributed by atoms with Crippen molar-refractivity contribution < 1.29 is 14.3 Å². The van der Waals surface area contributed by atoms with Crippen molar-refractivity contribution in [2.75, 3.05) is 32.8 Å². The molecule has 5 nitrogen and oxygen atoms in total. The maximum Gasteiger partial charge on any atom is 0.410 e. The molecule has 124 valence electrons. The fourth-order valence-electron chi connectivity index (χ4n) is 2.32. The number of carbonyl (C=O) groups excluding carboxylic acids is 1. The Balaban J connectivity index is 2.21. The van der Waals surface area contributed by atoms with Gasteiger partial charge in [0.15, 0.2) is 0 Å². The minimum absolute atomic E-state index is 0.201. The van der Waals surface area contributed by atoms with Crippen LogP contribution in [0.5, 0.6) is 0 Å². The third-order valence-corrected chi connectivity index (χ3v) is 3.39. The summed E-state index contributed by atoms with van der Waals surface area (Å²) in [6.45, 7) is 11.8. The number of likely N-dealkylation sites (tertiary alicyclic amines) is 1. The van der Waals surface area contributed by atoms with Crippen LogP contribution in [0, 0.1) is 0 Å². The van der Waals surface area contributed by atoms with Gasteiger partial charge in [0.05, 0.1) is 6.61 Å². The van der Waals surface area contributed by atoms with Gasteiger partial charge in [-0.05, 0) is 40.0 Å². The van der Waals surface area contributed by atoms with Crippen molar-refractivity contribution in [1.29, 1.82) is 0 Å². The summed E-state index contributed by atoms with van der Waals surface area (Å²) in [4.78, 5) is 13.9. The molecule has 0 aromatic rings. The first-order chi connectivity index (χ1) is 9.92. The second-order valence-corrected chi connectivity index (χ2v) is 6.69. The van der Waals surface area contributed by atoms with E-state index < -0.39 is 5.60 Å². The largest absolute Gasteiger partial charge is 0.444 e. The molecule has 1 aliphatic rings. The molecule has 21 heavy (non-hydrogen) atoms. The van der Waals surface area contributed by atoms with Gasteiger partial charge < -0.3 is 19.7 Å². The van der Waals surface area contributed by atoms with Crippen molar-refractivity contribution in [1.82, 2.24) is 10.2 Å². The summed E-state index contributed by atoms with van der Waals surface area (Å²) in [7, 11) is 0. The number of rotatable bonds is 7. The summed E-state index contributed by atoms with van der Waals surface area (Å²) in [6, 6.07) is 0.348. The Morgan fingerprint density at radius 3 is 2.76 bits per heavy atom. The standard InChI is InChI=1S/C16H32N2O3/c1-5-6-11-20-12-9-17-14-8-7-10-18(13-14)15(19)21-16(2,3)4/h14,17H,5-13H2,1-4H3. The lowest BCUT2D eigenvalue weighted by molar-refractivity contribution is 0.0184. The molecule has 5 heteroatoms. The molecule has 1 unspecified atom stereocenters. The Kier molecular flexibility index (Phi) is 8.04. The molecule has 0 bridgehead atoms. The van der Waals surface area contributed by atoms with Crippen molar-refractivity contribution in [3.8, 4) is 0 Å². The molecular weight excluding hydrogens is 268 g/mol. The molecule has 1 aliphatic heterocycles. The number of ether oxygens (including phenoxy) is 2. The summed E-state index contributed by atoms with van der Waals surface area (Å²) in [6.07, 6.45) is 4.21. The van der Waals surface area contributed by atoms with E-state index in [0.717, 1.165) is 52.1 Å². The Labute approximate surface area is 129 Å². The van der Waals surface area contributed by atoms with Crippen LogP contribution in [0.4, 0.5) is 4.79 Å². The minimum atomic E-state index is -0.426. The number of hydrogen-bond acceptors (Lipinski definition) is 4. The molecule has 0 spiro atoms. The van der Waals surface area contributed by atoms with E-state index in [1.54, 1.807) is 0 Å². The lowest BCUT2D eigenvalue weighted by Crippen LogP contribution is -2.49. The Morgan fingerprint density at radius 1 is 1.33 bits per heavy atom. The molecule has 1 heterocycles. The molecule has 0 aliphatic carbocycles. The number of nitrogens with one attached hydrogen (secondary N) is 1. The third kappa shape index (κ3) is 8.27. The lowest BCUT2D eigenvalue weighted by atomic mass is 10.1. The predicted molar refractivity (Wildman–Crippen MR) is 84.6 cm³/mol. The van der Waals surface area contributed by atoms with Crippen molar-refractivity contribution in [3.63, 3.8) is 0 Å². The SMILES string of the molecule is CCCCOCCNC1CCCN(C(=O)OC(C)(C)C)C1. The van der Waals surface area contributed by atoms with Crippen LogP contribution in [0.3, 0.4) is 0 Å². The van der Waals surface area contributed by atoms with E-state index in [1.165, 1.54) is 6.42 Å². The normalized spacial score (nSPS) is 19.6. The van der Waals surface area contributed by atoms with Crippen LogP contribution in [0.2, 0.25) is 0 Å². The van der Waals surface area contributed by atoms with Gasteiger partial charge in [0, 0.05) is 32.3 Å². The van der Waals surface area contributed by atoms with Gasteiger partial charge in [0.1, 0.15) is 5.60 Å². The summed E-state index contributed by atoms with van der Waals surface area (Å²) >= 11 is 0. The second kappa shape index (κ2) is 9.26. The first-order valence-corrected chi connectivity index (χ1v) is 8.21. The quantitative estimate of drug-likeness (QED) is 0.735. The highest BCUT2D eigenvalue weighted by atomic mass is 16.6. The highest BCUT2D eigenvalue weighted by Crippen LogP contribution is 2.15. The second-order valence-electron chi connectivity index (χ2n) is 6.69. The maximum absolute atomic E-state index is 12.1. The third-order valence-electron chi connectivity index (χ3n) is 3.39. The first-order valence-electron chi connectivity index (χ1n) is 8.21. The average molecular weight is 300 g/mol. The van der Waals surface area contributed by atoms with Crippen LogP contribution in [0.15, 0.2) is 0 Å². The molecule has 0 saturated carbocycles. The van der Waals surface area contributed by atoms with Gasteiger partial charge in [-0.3, -0.25) is 0 Å². The molecule has 1 amide bonds. The predicted octanol–water partition coefficient (Wildman–Crippen LogP) is 2.79. The van der Waals surface area contributed by atoms with Gasteiger partial charge >= 0.3 is 6.09 Å². The molecule has 0 aromatic carbocycles. The average Bonchev–Trinajstić information content (AvgIpc) is 2.41. The highest BCUT2D eigenvalue weighted by Gasteiger charge is 2.27. The zero-order valence-electron chi connectivity index (χ0n) is 14.1. The van der Waals surface area contributed by atoms with E-state index in [0.29, 0.717) is 6.04 Å². The summed E-state index contributed by atoms with van der Waals surface area (Å²) in [5, 5.41) is 3.47. The summed E-state index contributed by atoms with van der Waals surface area (Å²) < 4.78 is 11.0. The Bertz CT molecular complexity index is 302. The first kappa shape index (κ1) is 18.2. The molecule has 1 rings (SSSR count). The molecule has 1 N–H and O–H groups in total. The molecular formula is C16H32N2O3. The molecule has 0 radical (unpaired) electrons. The van der Waals surface area contributed by atoms with Crippen molar-refractivity contribution >= 4 is 6.09 Å². The van der Waals surface area contributed by atoms with Crippen LogP contribution in [-0.2, 0) is 9.47 Å². The summed E-state index contributed by atoms with van der Waals surface area (Å²) in [5.41, 5.74) is -0.426. The van der Waals surface area contributed by atoms with E-state index >= 15 is 0 Å². The zero-order valence-corrected chi connectivity index (χ0v) is 14.1. The van der Waals surface area contributed by atoms with Gasteiger partial charge in [-0.2, -0.15) is 0 Å². The van der Waals surface area contributed by atoms with Crippen molar-refractivity contribution in [2.24, 2.45) is 0 Å². The zero-order chi connectivity index (χ0) is 15.7. The van der Waals surface area contributed by atoms with Crippen molar-refractivity contribution in [3.05, 3.63) is 0 Å². The van der Waals surface area contributed by atoms with Gasteiger partial charge in [-0.25, -0.2) is 4.79 Å². The van der Waals surface area contributed by atoms with Gasteiger partial charge in [-0.15, -0.1) is 0 Å². The van der Waals surface area contributed by atoms with Crippen LogP contribution in [0.1, 0.15) is 53.4 Å². The summed E-state index contributed by atoms with van der Waals surface area (Å²) in [5.74, 6) is 0. The molecule has 1 atom stereocenters. The van der Waals surface area contributed by atoms with Gasteiger partial charge in [-0.1, -0.05) is 13.3 Å². The van der Waals surface area contributed by atoms with Crippen LogP contribution in [0.25, 0.3) is 0 Å². The smallest absolute Gasteiger partial charge is 0.410 e. The highest BCUT2D eigenvalue weighted by molar-refractivity contribution is 5.68. The molecule has 1 fully saturated rings. The number of nitrogens with zero attached hydrogens (tertiary/aromatic N) is 1.